The number of nitrogens with one attached hydrogen (secondary N) is 1. The summed E-state index contributed by atoms with van der Waals surface area (Å²) < 4.78 is 8.01. The van der Waals surface area contributed by atoms with Crippen LogP contribution in [0.3, 0.4) is 0 Å². The first-order chi connectivity index (χ1) is 18.4. The predicted octanol–water partition coefficient (Wildman–Crippen LogP) is 6.11. The molecule has 2 heterocycles. The van der Waals surface area contributed by atoms with Crippen molar-refractivity contribution in [3.8, 4) is 22.7 Å². The van der Waals surface area contributed by atoms with Gasteiger partial charge in [0.25, 0.3) is 5.91 Å². The smallest absolute Gasteiger partial charge is 0.270 e. The van der Waals surface area contributed by atoms with Crippen LogP contribution in [0.4, 0.5) is 0 Å². The quantitative estimate of drug-likeness (QED) is 0.299. The highest BCUT2D eigenvalue weighted by atomic mass is 35.5. The van der Waals surface area contributed by atoms with Crippen LogP contribution < -0.4 is 10.1 Å². The Morgan fingerprint density at radius 2 is 1.89 bits per heavy atom. The number of nitrogens with zero attached hydrogens (tertiary/aromatic N) is 4. The van der Waals surface area contributed by atoms with Crippen LogP contribution in [0.2, 0.25) is 5.02 Å². The standard InChI is InChI=1S/C30H40ClN5O2/c1-5-22-20-24(6-2)36(34-22)27-16-15-26(30(37)32-23-11-8-7-9-12-23)33-29(27)21-13-14-25(31)28(19-21)38-18-10-17-35(3)4/h13-16,19-20,23H,5-12,17-18H2,1-4H3,(H,32,37). The number of ether oxygens (including phenoxy) is 1. The van der Waals surface area contributed by atoms with E-state index in [2.05, 4.69) is 30.1 Å². The molecule has 0 aliphatic heterocycles. The molecule has 1 saturated carbocycles. The number of hydrogen-bond acceptors (Lipinski definition) is 5. The lowest BCUT2D eigenvalue weighted by Crippen LogP contribution is -2.36. The Balaban J connectivity index is 1.72. The van der Waals surface area contributed by atoms with Crippen molar-refractivity contribution >= 4 is 17.5 Å². The molecule has 4 rings (SSSR count). The predicted molar refractivity (Wildman–Crippen MR) is 154 cm³/mol. The number of rotatable bonds is 11. The van der Waals surface area contributed by atoms with Gasteiger partial charge in [-0.05, 0) is 76.5 Å². The maximum atomic E-state index is 13.2. The first-order valence-electron chi connectivity index (χ1n) is 13.9. The van der Waals surface area contributed by atoms with Crippen molar-refractivity contribution in [2.75, 3.05) is 27.2 Å². The van der Waals surface area contributed by atoms with Gasteiger partial charge in [0.15, 0.2) is 0 Å². The van der Waals surface area contributed by atoms with Crippen molar-refractivity contribution in [1.29, 1.82) is 0 Å². The minimum atomic E-state index is -0.135. The fourth-order valence-corrected chi connectivity index (χ4v) is 5.07. The number of aryl methyl sites for hydroxylation is 2. The van der Waals surface area contributed by atoms with Gasteiger partial charge in [-0.15, -0.1) is 0 Å². The summed E-state index contributed by atoms with van der Waals surface area (Å²) in [5.41, 5.74) is 4.85. The number of pyridine rings is 1. The number of hydrogen-bond donors (Lipinski definition) is 1. The van der Waals surface area contributed by atoms with Crippen molar-refractivity contribution in [2.24, 2.45) is 0 Å². The van der Waals surface area contributed by atoms with Gasteiger partial charge >= 0.3 is 0 Å². The first kappa shape index (κ1) is 28.1. The third kappa shape index (κ3) is 6.94. The van der Waals surface area contributed by atoms with Gasteiger partial charge in [-0.2, -0.15) is 5.10 Å². The van der Waals surface area contributed by atoms with Crippen LogP contribution >= 0.6 is 11.6 Å². The molecule has 1 aromatic carbocycles. The van der Waals surface area contributed by atoms with Crippen LogP contribution in [-0.2, 0) is 12.8 Å². The molecule has 0 unspecified atom stereocenters. The molecular weight excluding hydrogens is 498 g/mol. The zero-order valence-electron chi connectivity index (χ0n) is 23.1. The molecule has 0 saturated heterocycles. The number of aromatic nitrogens is 3. The lowest BCUT2D eigenvalue weighted by molar-refractivity contribution is 0.0923. The molecule has 7 nitrogen and oxygen atoms in total. The van der Waals surface area contributed by atoms with Crippen LogP contribution in [0.1, 0.15) is 74.2 Å². The summed E-state index contributed by atoms with van der Waals surface area (Å²) in [6, 6.07) is 11.8. The zero-order chi connectivity index (χ0) is 27.1. The van der Waals surface area contributed by atoms with E-state index in [-0.39, 0.29) is 11.9 Å². The number of halogens is 1. The molecule has 38 heavy (non-hydrogen) atoms. The van der Waals surface area contributed by atoms with Crippen LogP contribution in [0, 0.1) is 0 Å². The molecule has 1 aliphatic carbocycles. The monoisotopic (exact) mass is 537 g/mol. The van der Waals surface area contributed by atoms with E-state index >= 15 is 0 Å². The van der Waals surface area contributed by atoms with Gasteiger partial charge in [0.2, 0.25) is 0 Å². The average molecular weight is 538 g/mol. The van der Waals surface area contributed by atoms with Crippen molar-refractivity contribution in [3.63, 3.8) is 0 Å². The highest BCUT2D eigenvalue weighted by molar-refractivity contribution is 6.32. The normalized spacial score (nSPS) is 14.2. The lowest BCUT2D eigenvalue weighted by Gasteiger charge is -2.22. The minimum Gasteiger partial charge on any atom is -0.492 e. The topological polar surface area (TPSA) is 72.3 Å². The van der Waals surface area contributed by atoms with Gasteiger partial charge in [0.1, 0.15) is 11.4 Å². The summed E-state index contributed by atoms with van der Waals surface area (Å²) in [5, 5.41) is 8.60. The van der Waals surface area contributed by atoms with Crippen LogP contribution in [-0.4, -0.2) is 58.9 Å². The summed E-state index contributed by atoms with van der Waals surface area (Å²) in [5.74, 6) is 0.474. The molecule has 2 aromatic heterocycles. The van der Waals surface area contributed by atoms with E-state index in [1.807, 2.05) is 43.0 Å². The summed E-state index contributed by atoms with van der Waals surface area (Å²) in [4.78, 5) is 20.3. The van der Waals surface area contributed by atoms with Gasteiger partial charge in [0.05, 0.1) is 28.7 Å². The number of amides is 1. The van der Waals surface area contributed by atoms with Gasteiger partial charge < -0.3 is 15.0 Å². The highest BCUT2D eigenvalue weighted by Gasteiger charge is 2.21. The van der Waals surface area contributed by atoms with E-state index in [1.165, 1.54) is 6.42 Å². The van der Waals surface area contributed by atoms with E-state index in [9.17, 15) is 4.79 Å². The van der Waals surface area contributed by atoms with E-state index in [1.54, 1.807) is 6.07 Å². The Morgan fingerprint density at radius 3 is 2.61 bits per heavy atom. The Kier molecular flexibility index (Phi) is 9.80. The van der Waals surface area contributed by atoms with Gasteiger partial charge in [-0.3, -0.25) is 4.79 Å². The molecule has 0 atom stereocenters. The lowest BCUT2D eigenvalue weighted by atomic mass is 9.95. The molecule has 1 N–H and O–H groups in total. The highest BCUT2D eigenvalue weighted by Crippen LogP contribution is 2.33. The molecule has 0 bridgehead atoms. The van der Waals surface area contributed by atoms with Gasteiger partial charge in [-0.1, -0.05) is 50.8 Å². The summed E-state index contributed by atoms with van der Waals surface area (Å²) in [6.45, 7) is 5.71. The van der Waals surface area contributed by atoms with Crippen LogP contribution in [0.15, 0.2) is 36.4 Å². The Morgan fingerprint density at radius 1 is 1.11 bits per heavy atom. The second-order valence-electron chi connectivity index (χ2n) is 10.3. The van der Waals surface area contributed by atoms with Gasteiger partial charge in [-0.25, -0.2) is 9.67 Å². The molecule has 1 fully saturated rings. The number of carbonyl (C=O) groups is 1. The third-order valence-corrected chi connectivity index (χ3v) is 7.36. The fraction of sp³-hybridized carbons (Fsp3) is 0.500. The van der Waals surface area contributed by atoms with Crippen molar-refractivity contribution < 1.29 is 9.53 Å². The molecule has 0 radical (unpaired) electrons. The molecule has 204 valence electrons. The van der Waals surface area contributed by atoms with Crippen molar-refractivity contribution in [1.82, 2.24) is 25.0 Å². The maximum Gasteiger partial charge on any atom is 0.270 e. The zero-order valence-corrected chi connectivity index (χ0v) is 23.9. The molecule has 8 heteroatoms. The van der Waals surface area contributed by atoms with Crippen molar-refractivity contribution in [3.05, 3.63) is 58.5 Å². The summed E-state index contributed by atoms with van der Waals surface area (Å²) >= 11 is 6.50. The SMILES string of the molecule is CCc1cc(CC)n(-c2ccc(C(=O)NC3CCCCC3)nc2-c2ccc(Cl)c(OCCCN(C)C)c2)n1. The second-order valence-corrected chi connectivity index (χ2v) is 10.7. The largest absolute Gasteiger partial charge is 0.492 e. The fourth-order valence-electron chi connectivity index (χ4n) is 4.90. The molecule has 3 aromatic rings. The molecular formula is C30H40ClN5O2. The molecule has 1 amide bonds. The van der Waals surface area contributed by atoms with E-state index in [0.29, 0.717) is 28.8 Å². The summed E-state index contributed by atoms with van der Waals surface area (Å²) in [7, 11) is 4.09. The third-order valence-electron chi connectivity index (χ3n) is 7.05. The maximum absolute atomic E-state index is 13.2. The second kappa shape index (κ2) is 13.3. The Bertz CT molecular complexity index is 1230. The molecule has 0 spiro atoms. The Hall–Kier alpha value is -2.90. The number of carbonyl (C=O) groups excluding carboxylic acids is 1. The number of benzene rings is 1. The van der Waals surface area contributed by atoms with Gasteiger partial charge in [0, 0.05) is 23.8 Å². The van der Waals surface area contributed by atoms with E-state index < -0.39 is 0 Å². The van der Waals surface area contributed by atoms with Crippen LogP contribution in [0.5, 0.6) is 5.75 Å². The molecule has 1 aliphatic rings. The van der Waals surface area contributed by atoms with Crippen LogP contribution in [0.25, 0.3) is 16.9 Å². The minimum absolute atomic E-state index is 0.135. The summed E-state index contributed by atoms with van der Waals surface area (Å²) in [6.07, 6.45) is 8.16. The van der Waals surface area contributed by atoms with E-state index in [0.717, 1.165) is 74.1 Å². The van der Waals surface area contributed by atoms with E-state index in [4.69, 9.17) is 26.4 Å². The first-order valence-corrected chi connectivity index (χ1v) is 14.2. The Labute approximate surface area is 231 Å². The van der Waals surface area contributed by atoms with Crippen molar-refractivity contribution in [2.45, 2.75) is 71.3 Å². The average Bonchev–Trinajstić information content (AvgIpc) is 3.35.